The monoisotopic (exact) mass is 339 g/mol. The molecule has 3 rings (SSSR count). The van der Waals surface area contributed by atoms with E-state index in [1.165, 1.54) is 0 Å². The number of aromatic nitrogens is 1. The van der Waals surface area contributed by atoms with Crippen molar-refractivity contribution in [2.75, 3.05) is 11.9 Å². The van der Waals surface area contributed by atoms with Gasteiger partial charge in [0.2, 0.25) is 0 Å². The lowest BCUT2D eigenvalue weighted by atomic mass is 9.92. The number of nitrogens with zero attached hydrogens (tertiary/aromatic N) is 1. The Bertz CT molecular complexity index is 591. The van der Waals surface area contributed by atoms with Crippen LogP contribution in [0.1, 0.15) is 31.4 Å². The number of anilines is 1. The molecule has 0 spiro atoms. The van der Waals surface area contributed by atoms with E-state index in [-0.39, 0.29) is 24.7 Å². The van der Waals surface area contributed by atoms with Crippen molar-refractivity contribution in [3.8, 4) is 5.75 Å². The van der Waals surface area contributed by atoms with E-state index in [1.54, 1.807) is 0 Å². The molecule has 1 saturated carbocycles. The van der Waals surface area contributed by atoms with E-state index >= 15 is 0 Å². The van der Waals surface area contributed by atoms with Crippen LogP contribution in [0.2, 0.25) is 0 Å². The van der Waals surface area contributed by atoms with E-state index in [0.717, 1.165) is 31.4 Å². The lowest BCUT2D eigenvalue weighted by Gasteiger charge is -2.28. The van der Waals surface area contributed by atoms with Crippen molar-refractivity contribution in [2.45, 2.75) is 44.4 Å². The normalized spacial score (nSPS) is 22.3. The fourth-order valence-corrected chi connectivity index (χ4v) is 2.69. The van der Waals surface area contributed by atoms with Crippen LogP contribution in [0, 0.1) is 0 Å². The molecule has 0 aromatic carbocycles. The number of nitrogens with one attached hydrogen (secondary N) is 2. The van der Waals surface area contributed by atoms with Crippen LogP contribution in [0.3, 0.4) is 0 Å². The lowest BCUT2D eigenvalue weighted by molar-refractivity contribution is -0.118. The van der Waals surface area contributed by atoms with Gasteiger partial charge in [0.25, 0.3) is 5.91 Å². The summed E-state index contributed by atoms with van der Waals surface area (Å²) in [5.41, 5.74) is 0.826. The number of ether oxygens (including phenoxy) is 1. The molecule has 132 valence electrons. The summed E-state index contributed by atoms with van der Waals surface area (Å²) in [4.78, 5) is 24.2. The fourth-order valence-electron chi connectivity index (χ4n) is 2.69. The van der Waals surface area contributed by atoms with Crippen LogP contribution in [-0.2, 0) is 11.3 Å². The van der Waals surface area contributed by atoms with Gasteiger partial charge in [-0.1, -0.05) is 12.8 Å². The van der Waals surface area contributed by atoms with Gasteiger partial charge in [0.1, 0.15) is 0 Å². The number of rotatable bonds is 3. The first kappa shape index (κ1) is 18.0. The first-order chi connectivity index (χ1) is 11.5. The standard InChI is InChI=1S/C14H19N3O3.CH2O3/c18-11-4-2-1-3-10(11)15-7-9-5-6-12-14(16-9)17-13(19)8-20-12;2-1(3)4/h5-6,10-11,15,18H,1-4,7-8H2,(H,16,17,19);(H2,2,3,4)/t10-,11+;/m0./s1. The van der Waals surface area contributed by atoms with Gasteiger partial charge in [-0.3, -0.25) is 4.79 Å². The predicted octanol–water partition coefficient (Wildman–Crippen LogP) is 1.03. The SMILES string of the molecule is O=C(O)O.O=C1COc2ccc(CN[C@H]3CCCC[C@H]3O)nc2N1. The summed E-state index contributed by atoms with van der Waals surface area (Å²) < 4.78 is 5.27. The van der Waals surface area contributed by atoms with Gasteiger partial charge in [-0.25, -0.2) is 9.78 Å². The minimum atomic E-state index is -1.83. The molecular weight excluding hydrogens is 318 g/mol. The number of amides is 1. The Morgan fingerprint density at radius 3 is 2.75 bits per heavy atom. The molecular formula is C15H21N3O6. The van der Waals surface area contributed by atoms with Crippen LogP contribution < -0.4 is 15.4 Å². The number of pyridine rings is 1. The molecule has 2 heterocycles. The molecule has 1 aliphatic carbocycles. The van der Waals surface area contributed by atoms with Crippen LogP contribution >= 0.6 is 0 Å². The first-order valence-corrected chi connectivity index (χ1v) is 7.71. The number of hydrogen-bond donors (Lipinski definition) is 5. The molecule has 0 bridgehead atoms. The second kappa shape index (κ2) is 8.46. The van der Waals surface area contributed by atoms with E-state index in [0.29, 0.717) is 18.1 Å². The molecule has 24 heavy (non-hydrogen) atoms. The molecule has 2 atom stereocenters. The third kappa shape index (κ3) is 5.36. The second-order valence-electron chi connectivity index (χ2n) is 5.61. The van der Waals surface area contributed by atoms with Gasteiger partial charge in [-0.05, 0) is 25.0 Å². The van der Waals surface area contributed by atoms with Crippen LogP contribution in [0.25, 0.3) is 0 Å². The number of carbonyl (C=O) groups excluding carboxylic acids is 1. The Balaban J connectivity index is 0.000000471. The molecule has 2 aliphatic rings. The second-order valence-corrected chi connectivity index (χ2v) is 5.61. The van der Waals surface area contributed by atoms with Gasteiger partial charge < -0.3 is 30.7 Å². The highest BCUT2D eigenvalue weighted by Gasteiger charge is 2.23. The maximum atomic E-state index is 11.3. The number of aliphatic hydroxyl groups is 1. The minimum Gasteiger partial charge on any atom is -0.480 e. The van der Waals surface area contributed by atoms with Crippen molar-refractivity contribution in [2.24, 2.45) is 0 Å². The molecule has 1 aliphatic heterocycles. The Kier molecular flexibility index (Phi) is 6.33. The van der Waals surface area contributed by atoms with Crippen LogP contribution in [0.15, 0.2) is 12.1 Å². The van der Waals surface area contributed by atoms with Crippen LogP contribution in [0.5, 0.6) is 5.75 Å². The summed E-state index contributed by atoms with van der Waals surface area (Å²) in [6.45, 7) is 0.616. The quantitative estimate of drug-likeness (QED) is 0.550. The zero-order valence-electron chi connectivity index (χ0n) is 13.1. The van der Waals surface area contributed by atoms with Gasteiger partial charge in [0.05, 0.1) is 11.8 Å². The van der Waals surface area contributed by atoms with E-state index < -0.39 is 6.16 Å². The smallest absolute Gasteiger partial charge is 0.480 e. The summed E-state index contributed by atoms with van der Waals surface area (Å²) in [7, 11) is 0. The Labute approximate surface area is 138 Å². The zero-order valence-corrected chi connectivity index (χ0v) is 13.1. The van der Waals surface area contributed by atoms with Gasteiger partial charge >= 0.3 is 6.16 Å². The molecule has 9 heteroatoms. The Hall–Kier alpha value is -2.39. The third-order valence-electron chi connectivity index (χ3n) is 3.81. The van der Waals surface area contributed by atoms with Crippen molar-refractivity contribution >= 4 is 17.9 Å². The third-order valence-corrected chi connectivity index (χ3v) is 3.81. The highest BCUT2D eigenvalue weighted by Crippen LogP contribution is 2.25. The number of hydrogen-bond acceptors (Lipinski definition) is 6. The molecule has 0 saturated heterocycles. The molecule has 5 N–H and O–H groups in total. The predicted molar refractivity (Wildman–Crippen MR) is 84.1 cm³/mol. The minimum absolute atomic E-state index is 0.0422. The van der Waals surface area contributed by atoms with Gasteiger partial charge in [-0.15, -0.1) is 0 Å². The number of carbonyl (C=O) groups is 2. The van der Waals surface area contributed by atoms with Crippen LogP contribution in [0.4, 0.5) is 10.6 Å². The average Bonchev–Trinajstić information content (AvgIpc) is 2.53. The van der Waals surface area contributed by atoms with E-state index in [2.05, 4.69) is 15.6 Å². The Morgan fingerprint density at radius 2 is 2.04 bits per heavy atom. The molecule has 0 unspecified atom stereocenters. The molecule has 1 amide bonds. The van der Waals surface area contributed by atoms with E-state index in [1.807, 2.05) is 12.1 Å². The summed E-state index contributed by atoms with van der Waals surface area (Å²) in [5, 5.41) is 29.9. The van der Waals surface area contributed by atoms with Crippen molar-refractivity contribution in [3.05, 3.63) is 17.8 Å². The number of carboxylic acid groups (broad SMARTS) is 2. The highest BCUT2D eigenvalue weighted by molar-refractivity contribution is 5.94. The van der Waals surface area contributed by atoms with Crippen LogP contribution in [-0.4, -0.2) is 51.1 Å². The molecule has 9 nitrogen and oxygen atoms in total. The zero-order chi connectivity index (χ0) is 17.5. The highest BCUT2D eigenvalue weighted by atomic mass is 16.6. The number of aliphatic hydroxyl groups excluding tert-OH is 1. The molecule has 1 aromatic heterocycles. The van der Waals surface area contributed by atoms with Crippen molar-refractivity contribution in [3.63, 3.8) is 0 Å². The molecule has 0 radical (unpaired) electrons. The lowest BCUT2D eigenvalue weighted by Crippen LogP contribution is -2.41. The van der Waals surface area contributed by atoms with Crippen molar-refractivity contribution < 1.29 is 29.6 Å². The summed E-state index contributed by atoms with van der Waals surface area (Å²) in [5.74, 6) is 0.897. The Morgan fingerprint density at radius 1 is 1.33 bits per heavy atom. The van der Waals surface area contributed by atoms with Crippen molar-refractivity contribution in [1.82, 2.24) is 10.3 Å². The summed E-state index contributed by atoms with van der Waals surface area (Å²) >= 11 is 0. The fraction of sp³-hybridized carbons (Fsp3) is 0.533. The summed E-state index contributed by atoms with van der Waals surface area (Å²) in [6.07, 6.45) is 1.99. The largest absolute Gasteiger partial charge is 0.503 e. The van der Waals surface area contributed by atoms with Crippen molar-refractivity contribution in [1.29, 1.82) is 0 Å². The summed E-state index contributed by atoms with van der Waals surface area (Å²) in [6, 6.07) is 3.82. The van der Waals surface area contributed by atoms with E-state index in [4.69, 9.17) is 19.7 Å². The maximum absolute atomic E-state index is 11.3. The first-order valence-electron chi connectivity index (χ1n) is 7.71. The number of fused-ring (bicyclic) bond motifs is 1. The van der Waals surface area contributed by atoms with Gasteiger partial charge in [0.15, 0.2) is 18.2 Å². The average molecular weight is 339 g/mol. The molecule has 1 aromatic rings. The van der Waals surface area contributed by atoms with E-state index in [9.17, 15) is 9.90 Å². The van der Waals surface area contributed by atoms with Gasteiger partial charge in [0, 0.05) is 12.6 Å². The molecule has 1 fully saturated rings. The topological polar surface area (TPSA) is 141 Å². The van der Waals surface area contributed by atoms with Gasteiger partial charge in [-0.2, -0.15) is 0 Å². The maximum Gasteiger partial charge on any atom is 0.503 e.